The Morgan fingerprint density at radius 1 is 1.67 bits per heavy atom. The molecule has 0 aliphatic carbocycles. The lowest BCUT2D eigenvalue weighted by Gasteiger charge is -2.28. The minimum absolute atomic E-state index is 0.178. The number of nitrogens with one attached hydrogen (secondary N) is 2. The maximum atomic E-state index is 11.5. The van der Waals surface area contributed by atoms with Crippen LogP contribution in [-0.4, -0.2) is 30.7 Å². The van der Waals surface area contributed by atoms with E-state index in [9.17, 15) is 4.79 Å². The largest absolute Gasteiger partial charge is 0.377 e. The first-order valence-corrected chi connectivity index (χ1v) is 5.50. The molecule has 88 valence electrons. The summed E-state index contributed by atoms with van der Waals surface area (Å²) < 4.78 is 5.48. The quantitative estimate of drug-likeness (QED) is 0.340. The van der Waals surface area contributed by atoms with E-state index in [0.717, 1.165) is 19.4 Å². The van der Waals surface area contributed by atoms with Gasteiger partial charge in [-0.3, -0.25) is 10.2 Å². The van der Waals surface area contributed by atoms with Crippen LogP contribution < -0.4 is 16.6 Å². The Bertz CT molecular complexity index is 217. The maximum absolute atomic E-state index is 11.5. The highest BCUT2D eigenvalue weighted by Crippen LogP contribution is 2.14. The third-order valence-corrected chi connectivity index (χ3v) is 3.08. The molecule has 2 atom stereocenters. The summed E-state index contributed by atoms with van der Waals surface area (Å²) in [5.74, 6) is 4.97. The Morgan fingerprint density at radius 3 is 2.87 bits per heavy atom. The molecule has 1 heterocycles. The van der Waals surface area contributed by atoms with Crippen LogP contribution >= 0.6 is 0 Å². The number of carbonyl (C=O) groups is 1. The number of ether oxygens (including phenoxy) is 1. The zero-order valence-corrected chi connectivity index (χ0v) is 9.51. The normalized spacial score (nSPS) is 24.9. The summed E-state index contributed by atoms with van der Waals surface area (Å²) in [6.45, 7) is 5.35. The molecule has 0 bridgehead atoms. The topological polar surface area (TPSA) is 76.4 Å². The lowest BCUT2D eigenvalue weighted by Crippen LogP contribution is -2.57. The average Bonchev–Trinajstić information content (AvgIpc) is 2.77. The SMILES string of the molecule is CC[C@@](C)(NC[C@@H]1CCCO1)C(=O)NN. The summed E-state index contributed by atoms with van der Waals surface area (Å²) in [7, 11) is 0. The highest BCUT2D eigenvalue weighted by Gasteiger charge is 2.31. The van der Waals surface area contributed by atoms with E-state index in [-0.39, 0.29) is 12.0 Å². The van der Waals surface area contributed by atoms with E-state index < -0.39 is 5.54 Å². The number of carbonyl (C=O) groups excluding carboxylic acids is 1. The van der Waals surface area contributed by atoms with Crippen molar-refractivity contribution < 1.29 is 9.53 Å². The second-order valence-electron chi connectivity index (χ2n) is 4.18. The molecule has 1 rings (SSSR count). The predicted octanol–water partition coefficient (Wildman–Crippen LogP) is -0.0864. The van der Waals surface area contributed by atoms with Gasteiger partial charge >= 0.3 is 0 Å². The van der Waals surface area contributed by atoms with E-state index in [1.807, 2.05) is 13.8 Å². The third kappa shape index (κ3) is 3.15. The van der Waals surface area contributed by atoms with Gasteiger partial charge in [0.25, 0.3) is 5.91 Å². The van der Waals surface area contributed by atoms with Crippen molar-refractivity contribution >= 4 is 5.91 Å². The molecule has 1 amide bonds. The zero-order valence-electron chi connectivity index (χ0n) is 9.51. The number of amides is 1. The van der Waals surface area contributed by atoms with Crippen LogP contribution in [0.4, 0.5) is 0 Å². The van der Waals surface area contributed by atoms with Crippen LogP contribution in [0.2, 0.25) is 0 Å². The molecule has 0 saturated carbocycles. The third-order valence-electron chi connectivity index (χ3n) is 3.08. The van der Waals surface area contributed by atoms with E-state index in [0.29, 0.717) is 13.0 Å². The van der Waals surface area contributed by atoms with E-state index in [2.05, 4.69) is 10.7 Å². The van der Waals surface area contributed by atoms with Gasteiger partial charge in [0.1, 0.15) is 0 Å². The summed E-state index contributed by atoms with van der Waals surface area (Å²) >= 11 is 0. The monoisotopic (exact) mass is 215 g/mol. The van der Waals surface area contributed by atoms with Crippen molar-refractivity contribution in [3.8, 4) is 0 Å². The van der Waals surface area contributed by atoms with Gasteiger partial charge in [0.15, 0.2) is 0 Å². The molecule has 0 unspecified atom stereocenters. The van der Waals surface area contributed by atoms with Gasteiger partial charge in [-0.2, -0.15) is 0 Å². The summed E-state index contributed by atoms with van der Waals surface area (Å²) in [6.07, 6.45) is 3.11. The highest BCUT2D eigenvalue weighted by atomic mass is 16.5. The van der Waals surface area contributed by atoms with Crippen LogP contribution in [0.3, 0.4) is 0 Å². The molecule has 1 saturated heterocycles. The summed E-state index contributed by atoms with van der Waals surface area (Å²) in [5.41, 5.74) is 1.59. The fourth-order valence-electron chi connectivity index (χ4n) is 1.67. The molecule has 1 aliphatic heterocycles. The van der Waals surface area contributed by atoms with Crippen LogP contribution in [0.5, 0.6) is 0 Å². The van der Waals surface area contributed by atoms with Crippen molar-refractivity contribution in [2.75, 3.05) is 13.2 Å². The summed E-state index contributed by atoms with van der Waals surface area (Å²) in [5, 5.41) is 3.22. The van der Waals surface area contributed by atoms with Gasteiger partial charge in [-0.25, -0.2) is 5.84 Å². The molecule has 4 N–H and O–H groups in total. The molecular weight excluding hydrogens is 194 g/mol. The van der Waals surface area contributed by atoms with E-state index >= 15 is 0 Å². The fraction of sp³-hybridized carbons (Fsp3) is 0.900. The Hall–Kier alpha value is -0.650. The fourth-order valence-corrected chi connectivity index (χ4v) is 1.67. The molecule has 1 fully saturated rings. The maximum Gasteiger partial charge on any atom is 0.253 e. The van der Waals surface area contributed by atoms with E-state index in [1.165, 1.54) is 0 Å². The number of hydrogen-bond acceptors (Lipinski definition) is 4. The molecule has 0 radical (unpaired) electrons. The second-order valence-corrected chi connectivity index (χ2v) is 4.18. The van der Waals surface area contributed by atoms with Gasteiger partial charge in [0.05, 0.1) is 11.6 Å². The zero-order chi connectivity index (χ0) is 11.3. The van der Waals surface area contributed by atoms with Crippen molar-refractivity contribution in [2.45, 2.75) is 44.8 Å². The standard InChI is InChI=1S/C10H21N3O2/c1-3-10(2,9(14)13-11)12-7-8-5-4-6-15-8/h8,12H,3-7,11H2,1-2H3,(H,13,14)/t8-,10+/m0/s1. The van der Waals surface area contributed by atoms with E-state index in [4.69, 9.17) is 10.6 Å². The van der Waals surface area contributed by atoms with Gasteiger partial charge in [0.2, 0.25) is 0 Å². The lowest BCUT2D eigenvalue weighted by molar-refractivity contribution is -0.127. The summed E-state index contributed by atoms with van der Waals surface area (Å²) in [4.78, 5) is 11.5. The summed E-state index contributed by atoms with van der Waals surface area (Å²) in [6, 6.07) is 0. The van der Waals surface area contributed by atoms with Crippen LogP contribution in [-0.2, 0) is 9.53 Å². The molecule has 0 aromatic heterocycles. The molecular formula is C10H21N3O2. The molecule has 0 spiro atoms. The van der Waals surface area contributed by atoms with Crippen molar-refractivity contribution in [2.24, 2.45) is 5.84 Å². The Morgan fingerprint density at radius 2 is 2.40 bits per heavy atom. The van der Waals surface area contributed by atoms with E-state index in [1.54, 1.807) is 0 Å². The van der Waals surface area contributed by atoms with Crippen molar-refractivity contribution in [1.29, 1.82) is 0 Å². The van der Waals surface area contributed by atoms with Crippen LogP contribution in [0, 0.1) is 0 Å². The van der Waals surface area contributed by atoms with Crippen molar-refractivity contribution in [1.82, 2.24) is 10.7 Å². The molecule has 5 nitrogen and oxygen atoms in total. The number of hydrazine groups is 1. The molecule has 0 aromatic rings. The minimum atomic E-state index is -0.597. The van der Waals surface area contributed by atoms with Crippen LogP contribution in [0.25, 0.3) is 0 Å². The molecule has 1 aliphatic rings. The van der Waals surface area contributed by atoms with Crippen molar-refractivity contribution in [3.05, 3.63) is 0 Å². The first-order valence-electron chi connectivity index (χ1n) is 5.50. The highest BCUT2D eigenvalue weighted by molar-refractivity contribution is 5.85. The number of nitrogens with two attached hydrogens (primary N) is 1. The first kappa shape index (κ1) is 12.4. The Balaban J connectivity index is 2.41. The van der Waals surface area contributed by atoms with Crippen LogP contribution in [0.1, 0.15) is 33.1 Å². The number of rotatable bonds is 5. The molecule has 5 heteroatoms. The number of hydrogen-bond donors (Lipinski definition) is 3. The van der Waals surface area contributed by atoms with Gasteiger partial charge in [0, 0.05) is 13.2 Å². The molecule has 0 aromatic carbocycles. The van der Waals surface area contributed by atoms with Crippen molar-refractivity contribution in [3.63, 3.8) is 0 Å². The van der Waals surface area contributed by atoms with Gasteiger partial charge < -0.3 is 10.1 Å². The van der Waals surface area contributed by atoms with Gasteiger partial charge in [-0.15, -0.1) is 0 Å². The van der Waals surface area contributed by atoms with Gasteiger partial charge in [-0.1, -0.05) is 6.92 Å². The first-order chi connectivity index (χ1) is 7.12. The van der Waals surface area contributed by atoms with Crippen LogP contribution in [0.15, 0.2) is 0 Å². The van der Waals surface area contributed by atoms with Gasteiger partial charge in [-0.05, 0) is 26.2 Å². The Kier molecular flexibility index (Phi) is 4.50. The smallest absolute Gasteiger partial charge is 0.253 e. The Labute approximate surface area is 90.7 Å². The molecule has 15 heavy (non-hydrogen) atoms. The predicted molar refractivity (Wildman–Crippen MR) is 58.0 cm³/mol. The minimum Gasteiger partial charge on any atom is -0.377 e. The average molecular weight is 215 g/mol. The second kappa shape index (κ2) is 5.44. The lowest BCUT2D eigenvalue weighted by atomic mass is 9.97.